The maximum absolute atomic E-state index is 4.68. The molecule has 0 saturated heterocycles. The van der Waals surface area contributed by atoms with E-state index in [0.717, 1.165) is 44.5 Å². The Morgan fingerprint density at radius 2 is 1.46 bits per heavy atom. The van der Waals surface area contributed by atoms with Crippen molar-refractivity contribution in [2.45, 2.75) is 0 Å². The quantitative estimate of drug-likeness (QED) is 0.427. The SMILES string of the molecule is Cn1c2ccc1c1ccc(cc3ccc(cc4nc(c2)C=C4)[nH]3)[nH]1. The molecular formula is C20H16N4. The van der Waals surface area contributed by atoms with Crippen LogP contribution in [0, 0.1) is 0 Å². The third kappa shape index (κ3) is 2.12. The van der Waals surface area contributed by atoms with Crippen LogP contribution in [-0.2, 0) is 7.05 Å². The van der Waals surface area contributed by atoms with Gasteiger partial charge in [-0.15, -0.1) is 0 Å². The molecule has 4 aromatic heterocycles. The van der Waals surface area contributed by atoms with Gasteiger partial charge in [0.1, 0.15) is 0 Å². The molecule has 1 aliphatic heterocycles. The van der Waals surface area contributed by atoms with E-state index in [1.54, 1.807) is 0 Å². The summed E-state index contributed by atoms with van der Waals surface area (Å²) in [6, 6.07) is 18.9. The third-order valence-corrected chi connectivity index (χ3v) is 4.47. The number of nitrogens with zero attached hydrogens (tertiary/aromatic N) is 2. The smallest absolute Gasteiger partial charge is 0.0658 e. The highest BCUT2D eigenvalue weighted by Gasteiger charge is 2.02. The van der Waals surface area contributed by atoms with Gasteiger partial charge in [-0.2, -0.15) is 0 Å². The molecule has 4 heteroatoms. The average molecular weight is 312 g/mol. The van der Waals surface area contributed by atoms with Crippen molar-refractivity contribution in [3.05, 3.63) is 66.0 Å². The predicted octanol–water partition coefficient (Wildman–Crippen LogP) is 4.71. The molecule has 0 saturated carbocycles. The van der Waals surface area contributed by atoms with Gasteiger partial charge in [0.15, 0.2) is 0 Å². The summed E-state index contributed by atoms with van der Waals surface area (Å²) in [7, 11) is 2.08. The molecule has 8 bridgehead atoms. The fraction of sp³-hybridized carbons (Fsp3) is 0.0500. The van der Waals surface area contributed by atoms with Crippen molar-refractivity contribution < 1.29 is 0 Å². The number of fused-ring (bicyclic) bond motifs is 9. The number of hydrogen-bond donors (Lipinski definition) is 2. The summed E-state index contributed by atoms with van der Waals surface area (Å²) < 4.78 is 2.18. The van der Waals surface area contributed by atoms with Crippen LogP contribution >= 0.6 is 0 Å². The molecule has 0 aliphatic carbocycles. The second-order valence-electron chi connectivity index (χ2n) is 6.13. The van der Waals surface area contributed by atoms with Crippen molar-refractivity contribution in [2.24, 2.45) is 7.05 Å². The van der Waals surface area contributed by atoms with E-state index >= 15 is 0 Å². The molecule has 0 amide bonds. The van der Waals surface area contributed by atoms with Crippen LogP contribution in [0.5, 0.6) is 0 Å². The Morgan fingerprint density at radius 3 is 2.33 bits per heavy atom. The Bertz CT molecular complexity index is 1220. The van der Waals surface area contributed by atoms with Gasteiger partial charge in [0.2, 0.25) is 0 Å². The number of nitrogens with one attached hydrogen (secondary N) is 2. The van der Waals surface area contributed by atoms with Gasteiger partial charge < -0.3 is 14.5 Å². The molecule has 116 valence electrons. The van der Waals surface area contributed by atoms with Crippen LogP contribution in [0.2, 0.25) is 0 Å². The Labute approximate surface area is 138 Å². The lowest BCUT2D eigenvalue weighted by Crippen LogP contribution is -1.86. The zero-order valence-electron chi connectivity index (χ0n) is 13.2. The molecule has 5 rings (SSSR count). The molecule has 0 radical (unpaired) electrons. The minimum Gasteiger partial charge on any atom is -0.355 e. The van der Waals surface area contributed by atoms with Crippen LogP contribution in [0.1, 0.15) is 11.4 Å². The first kappa shape index (κ1) is 13.2. The summed E-state index contributed by atoms with van der Waals surface area (Å²) in [5.74, 6) is 0. The highest BCUT2D eigenvalue weighted by Crippen LogP contribution is 2.19. The van der Waals surface area contributed by atoms with E-state index in [4.69, 9.17) is 0 Å². The van der Waals surface area contributed by atoms with Crippen LogP contribution in [0.3, 0.4) is 0 Å². The largest absolute Gasteiger partial charge is 0.355 e. The van der Waals surface area contributed by atoms with E-state index in [-0.39, 0.29) is 0 Å². The summed E-state index contributed by atoms with van der Waals surface area (Å²) in [6.07, 6.45) is 4.09. The normalized spacial score (nSPS) is 12.2. The molecular weight excluding hydrogens is 296 g/mol. The number of aromatic amines is 2. The second-order valence-corrected chi connectivity index (χ2v) is 6.13. The molecule has 24 heavy (non-hydrogen) atoms. The summed E-state index contributed by atoms with van der Waals surface area (Å²) in [4.78, 5) is 11.6. The first-order chi connectivity index (χ1) is 11.7. The number of rotatable bonds is 0. The average Bonchev–Trinajstić information content (AvgIpc) is 3.32. The van der Waals surface area contributed by atoms with E-state index in [2.05, 4.69) is 81.2 Å². The Balaban J connectivity index is 1.96. The fourth-order valence-electron chi connectivity index (χ4n) is 3.22. The number of aromatic nitrogens is 4. The topological polar surface area (TPSA) is 49.4 Å². The van der Waals surface area contributed by atoms with Crippen LogP contribution in [0.15, 0.2) is 54.6 Å². The molecule has 0 spiro atoms. The van der Waals surface area contributed by atoms with E-state index in [9.17, 15) is 0 Å². The molecule has 2 N–H and O–H groups in total. The van der Waals surface area contributed by atoms with Gasteiger partial charge in [0, 0.05) is 29.1 Å². The van der Waals surface area contributed by atoms with Crippen LogP contribution in [0.25, 0.3) is 45.3 Å². The van der Waals surface area contributed by atoms with Crippen molar-refractivity contribution in [1.29, 1.82) is 0 Å². The fourth-order valence-corrected chi connectivity index (χ4v) is 3.22. The summed E-state index contributed by atoms with van der Waals surface area (Å²) in [5, 5.41) is 0. The van der Waals surface area contributed by atoms with Crippen molar-refractivity contribution in [3.8, 4) is 0 Å². The molecule has 5 heterocycles. The lowest BCUT2D eigenvalue weighted by molar-refractivity contribution is 1.01. The van der Waals surface area contributed by atoms with E-state index in [0.29, 0.717) is 0 Å². The summed E-state index contributed by atoms with van der Waals surface area (Å²) in [5.41, 5.74) is 8.51. The van der Waals surface area contributed by atoms with Gasteiger partial charge in [-0.05, 0) is 66.7 Å². The minimum atomic E-state index is 0.959. The van der Waals surface area contributed by atoms with Gasteiger partial charge >= 0.3 is 0 Å². The van der Waals surface area contributed by atoms with E-state index in [1.165, 1.54) is 0 Å². The molecule has 0 aromatic carbocycles. The van der Waals surface area contributed by atoms with Crippen molar-refractivity contribution >= 4 is 45.3 Å². The first-order valence-electron chi connectivity index (χ1n) is 7.97. The lowest BCUT2D eigenvalue weighted by Gasteiger charge is -1.96. The van der Waals surface area contributed by atoms with Gasteiger partial charge in [0.25, 0.3) is 0 Å². The third-order valence-electron chi connectivity index (χ3n) is 4.47. The zero-order valence-corrected chi connectivity index (χ0v) is 13.2. The molecule has 0 fully saturated rings. The van der Waals surface area contributed by atoms with Gasteiger partial charge in [-0.25, -0.2) is 4.98 Å². The monoisotopic (exact) mass is 312 g/mol. The minimum absolute atomic E-state index is 0.959. The highest BCUT2D eigenvalue weighted by atomic mass is 14.9. The number of aryl methyl sites for hydroxylation is 1. The maximum atomic E-state index is 4.68. The van der Waals surface area contributed by atoms with Crippen molar-refractivity contribution in [3.63, 3.8) is 0 Å². The summed E-state index contributed by atoms with van der Waals surface area (Å²) in [6.45, 7) is 0. The van der Waals surface area contributed by atoms with Crippen LogP contribution in [0.4, 0.5) is 0 Å². The molecule has 1 aliphatic rings. The van der Waals surface area contributed by atoms with Gasteiger partial charge in [-0.3, -0.25) is 0 Å². The van der Waals surface area contributed by atoms with Crippen molar-refractivity contribution in [2.75, 3.05) is 0 Å². The van der Waals surface area contributed by atoms with Gasteiger partial charge in [0.05, 0.1) is 22.4 Å². The lowest BCUT2D eigenvalue weighted by atomic mass is 10.3. The molecule has 4 nitrogen and oxygen atoms in total. The standard InChI is InChI=1S/C20H16N4/c1-24-18-7-9-20(24)19-8-6-16(23-19)11-15-3-2-13(21-15)10-14-4-5-17(12-18)22-14/h2-12,21,23H,1H3. The molecule has 0 atom stereocenters. The van der Waals surface area contributed by atoms with Crippen LogP contribution < -0.4 is 0 Å². The Morgan fingerprint density at radius 1 is 0.750 bits per heavy atom. The predicted molar refractivity (Wildman–Crippen MR) is 99.8 cm³/mol. The Hall–Kier alpha value is -3.27. The van der Waals surface area contributed by atoms with Gasteiger partial charge in [-0.1, -0.05) is 0 Å². The second kappa shape index (κ2) is 4.86. The number of H-pyrrole nitrogens is 2. The maximum Gasteiger partial charge on any atom is 0.0658 e. The van der Waals surface area contributed by atoms with Crippen molar-refractivity contribution in [1.82, 2.24) is 19.5 Å². The highest BCUT2D eigenvalue weighted by molar-refractivity contribution is 5.83. The van der Waals surface area contributed by atoms with E-state index in [1.807, 2.05) is 12.2 Å². The molecule has 0 unspecified atom stereocenters. The van der Waals surface area contributed by atoms with E-state index < -0.39 is 0 Å². The molecule has 4 aromatic rings. The van der Waals surface area contributed by atoms with Crippen LogP contribution in [-0.4, -0.2) is 19.5 Å². The Kier molecular flexibility index (Phi) is 2.67. The summed E-state index contributed by atoms with van der Waals surface area (Å²) >= 11 is 0. The number of hydrogen-bond acceptors (Lipinski definition) is 1. The zero-order chi connectivity index (χ0) is 16.1. The first-order valence-corrected chi connectivity index (χ1v) is 7.97.